The summed E-state index contributed by atoms with van der Waals surface area (Å²) < 4.78 is 18.5. The van der Waals surface area contributed by atoms with Crippen LogP contribution in [0.5, 0.6) is 0 Å². The summed E-state index contributed by atoms with van der Waals surface area (Å²) in [6.45, 7) is 6.44. The number of hydrogen-bond donors (Lipinski definition) is 1. The normalized spacial score (nSPS) is 15.5. The van der Waals surface area contributed by atoms with E-state index in [1.807, 2.05) is 33.2 Å². The minimum absolute atomic E-state index is 0.0807. The molecule has 1 fully saturated rings. The molecule has 1 saturated heterocycles. The standard InChI is InChI=1S/C24H33FN4O2/c1-4-31-18-24(30)26-17-23(19-5-9-21(10-6-19)27(2)3)29-15-13-28(14-16-29)22-11-7-20(25)8-12-22/h5-12,23H,4,13-18H2,1-3H3,(H,26,30)/t23-/m0/s1. The minimum atomic E-state index is -0.216. The molecule has 7 heteroatoms. The molecular weight excluding hydrogens is 395 g/mol. The highest BCUT2D eigenvalue weighted by Gasteiger charge is 2.26. The summed E-state index contributed by atoms with van der Waals surface area (Å²) in [6.07, 6.45) is 0. The van der Waals surface area contributed by atoms with E-state index in [1.54, 1.807) is 0 Å². The third kappa shape index (κ3) is 6.42. The number of nitrogens with one attached hydrogen (secondary N) is 1. The summed E-state index contributed by atoms with van der Waals surface area (Å²) in [5, 5.41) is 3.03. The molecule has 2 aromatic rings. The van der Waals surface area contributed by atoms with Gasteiger partial charge in [0.05, 0.1) is 6.04 Å². The van der Waals surface area contributed by atoms with E-state index in [-0.39, 0.29) is 24.4 Å². The predicted molar refractivity (Wildman–Crippen MR) is 123 cm³/mol. The summed E-state index contributed by atoms with van der Waals surface area (Å²) >= 11 is 0. The number of carbonyl (C=O) groups is 1. The molecule has 168 valence electrons. The number of rotatable bonds is 9. The van der Waals surface area contributed by atoms with Crippen molar-refractivity contribution in [3.05, 3.63) is 59.9 Å². The lowest BCUT2D eigenvalue weighted by Crippen LogP contribution is -2.50. The molecule has 0 aromatic heterocycles. The Labute approximate surface area is 184 Å². The zero-order valence-electron chi connectivity index (χ0n) is 18.7. The van der Waals surface area contributed by atoms with E-state index < -0.39 is 0 Å². The number of piperazine rings is 1. The van der Waals surface area contributed by atoms with Gasteiger partial charge in [-0.15, -0.1) is 0 Å². The molecule has 1 aliphatic heterocycles. The number of hydrogen-bond acceptors (Lipinski definition) is 5. The van der Waals surface area contributed by atoms with Crippen LogP contribution in [0.4, 0.5) is 15.8 Å². The summed E-state index contributed by atoms with van der Waals surface area (Å²) in [6, 6.07) is 15.2. The molecule has 1 aliphatic rings. The van der Waals surface area contributed by atoms with Gasteiger partial charge in [0.2, 0.25) is 5.91 Å². The number of anilines is 2. The van der Waals surface area contributed by atoms with Gasteiger partial charge in [-0.2, -0.15) is 0 Å². The Kier molecular flexibility index (Phi) is 8.26. The molecule has 0 bridgehead atoms. The number of ether oxygens (including phenoxy) is 1. The fourth-order valence-electron chi connectivity index (χ4n) is 3.85. The van der Waals surface area contributed by atoms with Gasteiger partial charge in [-0.1, -0.05) is 12.1 Å². The maximum atomic E-state index is 13.2. The zero-order valence-corrected chi connectivity index (χ0v) is 18.7. The molecule has 0 saturated carbocycles. The Hall–Kier alpha value is -2.64. The van der Waals surface area contributed by atoms with E-state index in [1.165, 1.54) is 17.7 Å². The summed E-state index contributed by atoms with van der Waals surface area (Å²) in [7, 11) is 4.05. The molecule has 3 rings (SSSR count). The van der Waals surface area contributed by atoms with Gasteiger partial charge in [-0.25, -0.2) is 4.39 Å². The van der Waals surface area contributed by atoms with E-state index in [9.17, 15) is 9.18 Å². The van der Waals surface area contributed by atoms with Gasteiger partial charge < -0.3 is 19.9 Å². The predicted octanol–water partition coefficient (Wildman–Crippen LogP) is 2.91. The molecule has 31 heavy (non-hydrogen) atoms. The second-order valence-electron chi connectivity index (χ2n) is 7.94. The van der Waals surface area contributed by atoms with Crippen molar-refractivity contribution in [2.24, 2.45) is 0 Å². The molecular formula is C24H33FN4O2. The molecule has 0 radical (unpaired) electrons. The fourth-order valence-corrected chi connectivity index (χ4v) is 3.85. The quantitative estimate of drug-likeness (QED) is 0.666. The first-order valence-corrected chi connectivity index (χ1v) is 10.8. The molecule has 6 nitrogen and oxygen atoms in total. The number of benzene rings is 2. The van der Waals surface area contributed by atoms with Crippen LogP contribution in [-0.4, -0.2) is 70.8 Å². The lowest BCUT2D eigenvalue weighted by Gasteiger charge is -2.40. The van der Waals surface area contributed by atoms with E-state index in [4.69, 9.17) is 4.74 Å². The number of amides is 1. The molecule has 1 N–H and O–H groups in total. The molecule has 1 amide bonds. The molecule has 0 unspecified atom stereocenters. The number of nitrogens with zero attached hydrogens (tertiary/aromatic N) is 3. The van der Waals surface area contributed by atoms with Crippen molar-refractivity contribution in [2.45, 2.75) is 13.0 Å². The van der Waals surface area contributed by atoms with Crippen molar-refractivity contribution in [2.75, 3.05) is 69.8 Å². The van der Waals surface area contributed by atoms with Crippen LogP contribution >= 0.6 is 0 Å². The lowest BCUT2D eigenvalue weighted by molar-refractivity contribution is -0.125. The highest BCUT2D eigenvalue weighted by atomic mass is 19.1. The van der Waals surface area contributed by atoms with Crippen LogP contribution < -0.4 is 15.1 Å². The SMILES string of the molecule is CCOCC(=O)NC[C@@H](c1ccc(N(C)C)cc1)N1CCN(c2ccc(F)cc2)CC1. The minimum Gasteiger partial charge on any atom is -0.378 e. The number of carbonyl (C=O) groups excluding carboxylic acids is 1. The molecule has 2 aromatic carbocycles. The Bertz CT molecular complexity index is 818. The van der Waals surface area contributed by atoms with Crippen molar-refractivity contribution in [1.82, 2.24) is 10.2 Å². The van der Waals surface area contributed by atoms with E-state index >= 15 is 0 Å². The topological polar surface area (TPSA) is 48.1 Å². The van der Waals surface area contributed by atoms with Crippen LogP contribution in [0.2, 0.25) is 0 Å². The van der Waals surface area contributed by atoms with Crippen molar-refractivity contribution in [3.63, 3.8) is 0 Å². The molecule has 0 aliphatic carbocycles. The van der Waals surface area contributed by atoms with E-state index in [2.05, 4.69) is 44.3 Å². The van der Waals surface area contributed by atoms with Gasteiger partial charge in [-0.05, 0) is 48.9 Å². The van der Waals surface area contributed by atoms with Crippen LogP contribution in [0.15, 0.2) is 48.5 Å². The van der Waals surface area contributed by atoms with Gasteiger partial charge in [0.25, 0.3) is 0 Å². The Morgan fingerprint density at radius 1 is 1.06 bits per heavy atom. The van der Waals surface area contributed by atoms with E-state index in [0.717, 1.165) is 37.6 Å². The van der Waals surface area contributed by atoms with Gasteiger partial charge >= 0.3 is 0 Å². The van der Waals surface area contributed by atoms with Crippen LogP contribution in [0.3, 0.4) is 0 Å². The summed E-state index contributed by atoms with van der Waals surface area (Å²) in [5.74, 6) is -0.312. The molecule has 0 spiro atoms. The van der Waals surface area contributed by atoms with Crippen molar-refractivity contribution < 1.29 is 13.9 Å². The monoisotopic (exact) mass is 428 g/mol. The maximum Gasteiger partial charge on any atom is 0.246 e. The Morgan fingerprint density at radius 2 is 1.71 bits per heavy atom. The third-order valence-electron chi connectivity index (χ3n) is 5.67. The molecule has 1 atom stereocenters. The molecule has 1 heterocycles. The Morgan fingerprint density at radius 3 is 2.29 bits per heavy atom. The highest BCUT2D eigenvalue weighted by Crippen LogP contribution is 2.26. The first-order valence-electron chi connectivity index (χ1n) is 10.8. The number of halogens is 1. The second kappa shape index (κ2) is 11.1. The first-order chi connectivity index (χ1) is 15.0. The average Bonchev–Trinajstić information content (AvgIpc) is 2.79. The van der Waals surface area contributed by atoms with Gasteiger partial charge in [0.15, 0.2) is 0 Å². The van der Waals surface area contributed by atoms with Crippen LogP contribution in [0, 0.1) is 5.82 Å². The van der Waals surface area contributed by atoms with Crippen molar-refractivity contribution in [3.8, 4) is 0 Å². The maximum absolute atomic E-state index is 13.2. The summed E-state index contributed by atoms with van der Waals surface area (Å²) in [5.41, 5.74) is 3.36. The second-order valence-corrected chi connectivity index (χ2v) is 7.94. The van der Waals surface area contributed by atoms with Crippen molar-refractivity contribution >= 4 is 17.3 Å². The summed E-state index contributed by atoms with van der Waals surface area (Å²) in [4.78, 5) is 18.9. The lowest BCUT2D eigenvalue weighted by atomic mass is 10.0. The van der Waals surface area contributed by atoms with Gasteiger partial charge in [0, 0.05) is 64.8 Å². The average molecular weight is 429 g/mol. The first kappa shape index (κ1) is 23.0. The largest absolute Gasteiger partial charge is 0.378 e. The van der Waals surface area contributed by atoms with Crippen LogP contribution in [-0.2, 0) is 9.53 Å². The third-order valence-corrected chi connectivity index (χ3v) is 5.67. The Balaban J connectivity index is 1.68. The van der Waals surface area contributed by atoms with Crippen LogP contribution in [0.1, 0.15) is 18.5 Å². The van der Waals surface area contributed by atoms with Gasteiger partial charge in [0.1, 0.15) is 12.4 Å². The van der Waals surface area contributed by atoms with E-state index in [0.29, 0.717) is 13.2 Å². The zero-order chi connectivity index (χ0) is 22.2. The highest BCUT2D eigenvalue weighted by molar-refractivity contribution is 5.77. The van der Waals surface area contributed by atoms with Crippen LogP contribution in [0.25, 0.3) is 0 Å². The fraction of sp³-hybridized carbons (Fsp3) is 0.458. The van der Waals surface area contributed by atoms with Crippen molar-refractivity contribution in [1.29, 1.82) is 0 Å². The smallest absolute Gasteiger partial charge is 0.246 e. The van der Waals surface area contributed by atoms with Gasteiger partial charge in [-0.3, -0.25) is 9.69 Å².